The molecule has 2 rings (SSSR count). The average Bonchev–Trinajstić information content (AvgIpc) is 2.34. The predicted molar refractivity (Wildman–Crippen MR) is 73.1 cm³/mol. The molecule has 2 aromatic rings. The lowest BCUT2D eigenvalue weighted by Gasteiger charge is -2.08. The maximum atomic E-state index is 13.5. The smallest absolute Gasteiger partial charge is 0.255 e. The molecule has 1 amide bonds. The summed E-state index contributed by atoms with van der Waals surface area (Å²) < 4.78 is 40.2. The number of hydrogen-bond acceptors (Lipinski definition) is 1. The minimum atomic E-state index is -1.36. The van der Waals surface area contributed by atoms with Gasteiger partial charge in [-0.1, -0.05) is 15.9 Å². The van der Waals surface area contributed by atoms with E-state index >= 15 is 0 Å². The maximum absolute atomic E-state index is 13.5. The van der Waals surface area contributed by atoms with Crippen LogP contribution in [-0.4, -0.2) is 5.91 Å². The molecule has 0 aliphatic carbocycles. The van der Waals surface area contributed by atoms with Crippen molar-refractivity contribution in [1.29, 1.82) is 0 Å². The summed E-state index contributed by atoms with van der Waals surface area (Å²) in [7, 11) is 0. The van der Waals surface area contributed by atoms with Gasteiger partial charge >= 0.3 is 0 Å². The second-order valence-electron chi connectivity index (χ2n) is 4.22. The molecule has 0 aromatic heterocycles. The van der Waals surface area contributed by atoms with Gasteiger partial charge in [-0.25, -0.2) is 13.2 Å². The first-order valence-electron chi connectivity index (χ1n) is 5.60. The molecular weight excluding hydrogens is 335 g/mol. The zero-order chi connectivity index (χ0) is 14.9. The van der Waals surface area contributed by atoms with Crippen LogP contribution < -0.4 is 5.32 Å². The Morgan fingerprint density at radius 3 is 2.45 bits per heavy atom. The third kappa shape index (κ3) is 3.19. The minimum Gasteiger partial charge on any atom is -0.319 e. The van der Waals surface area contributed by atoms with Gasteiger partial charge in [0.1, 0.15) is 5.82 Å². The summed E-state index contributed by atoms with van der Waals surface area (Å²) in [5, 5.41) is 2.15. The second-order valence-corrected chi connectivity index (χ2v) is 5.14. The molecule has 0 aliphatic rings. The first-order chi connectivity index (χ1) is 9.36. The summed E-state index contributed by atoms with van der Waals surface area (Å²) in [4.78, 5) is 11.9. The van der Waals surface area contributed by atoms with E-state index in [1.54, 1.807) is 19.1 Å². The van der Waals surface area contributed by atoms with Crippen molar-refractivity contribution in [2.24, 2.45) is 0 Å². The fourth-order valence-corrected chi connectivity index (χ4v) is 2.32. The van der Waals surface area contributed by atoms with Gasteiger partial charge in [0.25, 0.3) is 5.91 Å². The number of benzene rings is 2. The Balaban J connectivity index is 2.32. The molecule has 20 heavy (non-hydrogen) atoms. The normalized spacial score (nSPS) is 10.4. The molecule has 1 N–H and O–H groups in total. The van der Waals surface area contributed by atoms with Crippen LogP contribution in [0.2, 0.25) is 0 Å². The lowest BCUT2D eigenvalue weighted by Crippen LogP contribution is -2.14. The molecule has 0 unspecified atom stereocenters. The summed E-state index contributed by atoms with van der Waals surface area (Å²) in [6.07, 6.45) is 0. The molecule has 0 saturated heterocycles. The van der Waals surface area contributed by atoms with E-state index in [4.69, 9.17) is 0 Å². The molecule has 0 aliphatic heterocycles. The highest BCUT2D eigenvalue weighted by atomic mass is 79.9. The fraction of sp³-hybridized carbons (Fsp3) is 0.0714. The van der Waals surface area contributed by atoms with Crippen molar-refractivity contribution in [3.05, 3.63) is 63.4 Å². The molecule has 0 fully saturated rings. The summed E-state index contributed by atoms with van der Waals surface area (Å²) in [6.45, 7) is 1.78. The number of aryl methyl sites for hydroxylation is 1. The van der Waals surface area contributed by atoms with Crippen LogP contribution in [0.15, 0.2) is 34.8 Å². The number of anilines is 1. The predicted octanol–water partition coefficient (Wildman–Crippen LogP) is 4.43. The lowest BCUT2D eigenvalue weighted by atomic mass is 10.1. The van der Waals surface area contributed by atoms with E-state index in [1.165, 1.54) is 6.07 Å². The van der Waals surface area contributed by atoms with Crippen molar-refractivity contribution in [3.8, 4) is 0 Å². The lowest BCUT2D eigenvalue weighted by molar-refractivity contribution is 0.102. The fourth-order valence-electron chi connectivity index (χ4n) is 1.71. The van der Waals surface area contributed by atoms with E-state index in [2.05, 4.69) is 21.2 Å². The van der Waals surface area contributed by atoms with E-state index < -0.39 is 29.0 Å². The Morgan fingerprint density at radius 1 is 1.10 bits per heavy atom. The highest BCUT2D eigenvalue weighted by molar-refractivity contribution is 9.10. The molecule has 2 nitrogen and oxygen atoms in total. The Bertz CT molecular complexity index is 668. The first kappa shape index (κ1) is 14.6. The standard InChI is InChI=1S/C14H9BrF3NO/c1-7-2-8(4-9(15)3-7)14(20)19-12-6-10(16)5-11(17)13(12)18/h2-6H,1H3,(H,19,20). The largest absolute Gasteiger partial charge is 0.319 e. The highest BCUT2D eigenvalue weighted by Gasteiger charge is 2.15. The van der Waals surface area contributed by atoms with Gasteiger partial charge in [-0.05, 0) is 30.7 Å². The number of halogens is 4. The number of carbonyl (C=O) groups is 1. The van der Waals surface area contributed by atoms with Crippen molar-refractivity contribution in [2.45, 2.75) is 6.92 Å². The second kappa shape index (κ2) is 5.66. The van der Waals surface area contributed by atoms with Gasteiger partial charge in [0, 0.05) is 22.2 Å². The summed E-state index contributed by atoms with van der Waals surface area (Å²) in [5.74, 6) is -4.28. The van der Waals surface area contributed by atoms with Crippen molar-refractivity contribution < 1.29 is 18.0 Å². The summed E-state index contributed by atoms with van der Waals surface area (Å²) in [6, 6.07) is 6.03. The maximum Gasteiger partial charge on any atom is 0.255 e. The van der Waals surface area contributed by atoms with E-state index in [0.29, 0.717) is 10.5 Å². The van der Waals surface area contributed by atoms with Crippen LogP contribution >= 0.6 is 15.9 Å². The molecule has 2 aromatic carbocycles. The van der Waals surface area contributed by atoms with Crippen LogP contribution in [0.1, 0.15) is 15.9 Å². The summed E-state index contributed by atoms with van der Waals surface area (Å²) in [5.41, 5.74) is 0.529. The van der Waals surface area contributed by atoms with E-state index in [9.17, 15) is 18.0 Å². The SMILES string of the molecule is Cc1cc(Br)cc(C(=O)Nc2cc(F)cc(F)c2F)c1. The van der Waals surface area contributed by atoms with E-state index in [0.717, 1.165) is 11.6 Å². The summed E-state index contributed by atoms with van der Waals surface area (Å²) >= 11 is 3.23. The Kier molecular flexibility index (Phi) is 4.13. The molecule has 104 valence electrons. The Morgan fingerprint density at radius 2 is 1.80 bits per heavy atom. The molecule has 0 bridgehead atoms. The number of hydrogen-bond donors (Lipinski definition) is 1. The van der Waals surface area contributed by atoms with Crippen LogP contribution in [0, 0.1) is 24.4 Å². The van der Waals surface area contributed by atoms with Crippen molar-refractivity contribution >= 4 is 27.5 Å². The van der Waals surface area contributed by atoms with Crippen LogP contribution in [0.5, 0.6) is 0 Å². The number of amides is 1. The van der Waals surface area contributed by atoms with Gasteiger partial charge < -0.3 is 5.32 Å². The number of carbonyl (C=O) groups excluding carboxylic acids is 1. The van der Waals surface area contributed by atoms with Crippen LogP contribution in [0.4, 0.5) is 18.9 Å². The van der Waals surface area contributed by atoms with E-state index in [1.807, 2.05) is 0 Å². The zero-order valence-corrected chi connectivity index (χ0v) is 11.9. The van der Waals surface area contributed by atoms with E-state index in [-0.39, 0.29) is 5.56 Å². The Hall–Kier alpha value is -1.82. The molecule has 6 heteroatoms. The third-order valence-corrected chi connectivity index (χ3v) is 3.00. The van der Waals surface area contributed by atoms with Gasteiger partial charge in [0.2, 0.25) is 0 Å². The van der Waals surface area contributed by atoms with Gasteiger partial charge in [-0.2, -0.15) is 0 Å². The van der Waals surface area contributed by atoms with Gasteiger partial charge in [-0.3, -0.25) is 4.79 Å². The molecule has 0 atom stereocenters. The molecular formula is C14H9BrF3NO. The van der Waals surface area contributed by atoms with Gasteiger partial charge in [-0.15, -0.1) is 0 Å². The van der Waals surface area contributed by atoms with Crippen molar-refractivity contribution in [2.75, 3.05) is 5.32 Å². The number of nitrogens with one attached hydrogen (secondary N) is 1. The van der Waals surface area contributed by atoms with Crippen LogP contribution in [0.25, 0.3) is 0 Å². The molecule has 0 radical (unpaired) electrons. The minimum absolute atomic E-state index is 0.251. The average molecular weight is 344 g/mol. The zero-order valence-electron chi connectivity index (χ0n) is 10.3. The monoisotopic (exact) mass is 343 g/mol. The van der Waals surface area contributed by atoms with Crippen molar-refractivity contribution in [1.82, 2.24) is 0 Å². The third-order valence-electron chi connectivity index (χ3n) is 2.55. The molecule has 0 spiro atoms. The highest BCUT2D eigenvalue weighted by Crippen LogP contribution is 2.21. The first-order valence-corrected chi connectivity index (χ1v) is 6.39. The van der Waals surface area contributed by atoms with Gasteiger partial charge in [0.05, 0.1) is 5.69 Å². The van der Waals surface area contributed by atoms with Crippen LogP contribution in [-0.2, 0) is 0 Å². The van der Waals surface area contributed by atoms with Crippen molar-refractivity contribution in [3.63, 3.8) is 0 Å². The molecule has 0 saturated carbocycles. The quantitative estimate of drug-likeness (QED) is 0.803. The topological polar surface area (TPSA) is 29.1 Å². The van der Waals surface area contributed by atoms with Crippen LogP contribution in [0.3, 0.4) is 0 Å². The van der Waals surface area contributed by atoms with Gasteiger partial charge in [0.15, 0.2) is 11.6 Å². The molecule has 0 heterocycles. The Labute approximate surface area is 121 Å². The number of rotatable bonds is 2.